The smallest absolute Gasteiger partial charge is 0.124 e. The van der Waals surface area contributed by atoms with Crippen LogP contribution >= 0.6 is 0 Å². The van der Waals surface area contributed by atoms with E-state index in [4.69, 9.17) is 5.73 Å². The molecule has 4 heteroatoms. The third-order valence-corrected chi connectivity index (χ3v) is 5.97. The second kappa shape index (κ2) is 8.18. The molecule has 26 heavy (non-hydrogen) atoms. The normalized spacial score (nSPS) is 31.2. The monoisotopic (exact) mass is 359 g/mol. The van der Waals surface area contributed by atoms with Gasteiger partial charge in [-0.25, -0.2) is 0 Å². The lowest BCUT2D eigenvalue weighted by molar-refractivity contribution is 0.130. The molecule has 2 heterocycles. The Morgan fingerprint density at radius 1 is 0.808 bits per heavy atom. The fourth-order valence-corrected chi connectivity index (χ4v) is 5.35. The van der Waals surface area contributed by atoms with Gasteiger partial charge in [-0.3, -0.25) is 9.80 Å². The van der Waals surface area contributed by atoms with Gasteiger partial charge in [0.25, 0.3) is 0 Å². The lowest BCUT2D eigenvalue weighted by atomic mass is 9.91. The van der Waals surface area contributed by atoms with Gasteiger partial charge in [0.1, 0.15) is 5.75 Å². The van der Waals surface area contributed by atoms with Crippen LogP contribution in [0.25, 0.3) is 0 Å². The molecule has 0 bridgehead atoms. The van der Waals surface area contributed by atoms with E-state index in [-0.39, 0.29) is 0 Å². The first-order valence-corrected chi connectivity index (χ1v) is 10.3. The summed E-state index contributed by atoms with van der Waals surface area (Å²) >= 11 is 0. The topological polar surface area (TPSA) is 52.7 Å². The summed E-state index contributed by atoms with van der Waals surface area (Å²) in [6.07, 6.45) is 2.60. The Kier molecular flexibility index (Phi) is 6.13. The van der Waals surface area contributed by atoms with Crippen LogP contribution in [0.5, 0.6) is 5.75 Å². The number of phenolic OH excluding ortho intramolecular Hbond substituents is 1. The van der Waals surface area contributed by atoms with Gasteiger partial charge in [0, 0.05) is 56.1 Å². The molecular weight excluding hydrogens is 322 g/mol. The molecule has 4 atom stereocenters. The van der Waals surface area contributed by atoms with Crippen molar-refractivity contribution in [2.75, 3.05) is 31.9 Å². The van der Waals surface area contributed by atoms with Crippen LogP contribution in [0.3, 0.4) is 0 Å². The highest BCUT2D eigenvalue weighted by Crippen LogP contribution is 2.32. The lowest BCUT2D eigenvalue weighted by Gasteiger charge is -2.36. The van der Waals surface area contributed by atoms with Crippen molar-refractivity contribution < 1.29 is 5.11 Å². The van der Waals surface area contributed by atoms with Gasteiger partial charge in [0.2, 0.25) is 0 Å². The van der Waals surface area contributed by atoms with Crippen LogP contribution in [0.4, 0.5) is 5.69 Å². The van der Waals surface area contributed by atoms with E-state index in [0.717, 1.165) is 79.8 Å². The van der Waals surface area contributed by atoms with Crippen molar-refractivity contribution in [1.29, 1.82) is 0 Å². The zero-order valence-corrected chi connectivity index (χ0v) is 17.0. The molecule has 2 aliphatic heterocycles. The number of aromatic hydroxyl groups is 1. The molecule has 0 aromatic heterocycles. The minimum Gasteiger partial charge on any atom is -0.507 e. The van der Waals surface area contributed by atoms with Crippen molar-refractivity contribution in [1.82, 2.24) is 9.80 Å². The number of nitrogen functional groups attached to an aromatic ring is 1. The van der Waals surface area contributed by atoms with E-state index in [1.807, 2.05) is 12.1 Å². The number of anilines is 1. The fraction of sp³-hybridized carbons (Fsp3) is 0.727. The predicted molar refractivity (Wildman–Crippen MR) is 109 cm³/mol. The third-order valence-electron chi connectivity index (χ3n) is 5.97. The van der Waals surface area contributed by atoms with Crippen LogP contribution in [-0.4, -0.2) is 41.1 Å². The number of benzene rings is 1. The molecule has 3 N–H and O–H groups in total. The van der Waals surface area contributed by atoms with E-state index in [1.54, 1.807) is 0 Å². The molecule has 2 fully saturated rings. The van der Waals surface area contributed by atoms with E-state index in [9.17, 15) is 5.11 Å². The number of hydrogen-bond acceptors (Lipinski definition) is 4. The molecule has 3 rings (SSSR count). The van der Waals surface area contributed by atoms with E-state index in [1.165, 1.54) is 12.8 Å². The van der Waals surface area contributed by atoms with Crippen molar-refractivity contribution in [3.8, 4) is 5.75 Å². The Morgan fingerprint density at radius 2 is 1.15 bits per heavy atom. The molecule has 4 nitrogen and oxygen atoms in total. The Morgan fingerprint density at radius 3 is 1.50 bits per heavy atom. The highest BCUT2D eigenvalue weighted by molar-refractivity contribution is 5.52. The summed E-state index contributed by atoms with van der Waals surface area (Å²) in [4.78, 5) is 4.95. The Labute approximate surface area is 159 Å². The van der Waals surface area contributed by atoms with Crippen LogP contribution in [0.15, 0.2) is 12.1 Å². The predicted octanol–water partition coefficient (Wildman–Crippen LogP) is 3.93. The first kappa shape index (κ1) is 19.5. The van der Waals surface area contributed by atoms with Gasteiger partial charge in [-0.05, 0) is 48.6 Å². The molecule has 0 aliphatic carbocycles. The molecule has 0 amide bonds. The Balaban J connectivity index is 1.73. The summed E-state index contributed by atoms with van der Waals surface area (Å²) in [5.74, 6) is 3.34. The number of nitrogens with two attached hydrogens (primary N) is 1. The largest absolute Gasteiger partial charge is 0.507 e. The van der Waals surface area contributed by atoms with E-state index >= 15 is 0 Å². The maximum absolute atomic E-state index is 10.9. The molecule has 4 unspecified atom stereocenters. The van der Waals surface area contributed by atoms with E-state index < -0.39 is 0 Å². The van der Waals surface area contributed by atoms with Crippen LogP contribution in [0, 0.1) is 23.7 Å². The maximum atomic E-state index is 10.9. The maximum Gasteiger partial charge on any atom is 0.124 e. The molecule has 1 aromatic carbocycles. The number of phenols is 1. The molecule has 2 saturated heterocycles. The van der Waals surface area contributed by atoms with Gasteiger partial charge >= 0.3 is 0 Å². The molecule has 0 spiro atoms. The average molecular weight is 360 g/mol. The lowest BCUT2D eigenvalue weighted by Crippen LogP contribution is -2.38. The van der Waals surface area contributed by atoms with Crippen molar-refractivity contribution in [3.05, 3.63) is 23.3 Å². The highest BCUT2D eigenvalue weighted by Gasteiger charge is 2.25. The van der Waals surface area contributed by atoms with Crippen molar-refractivity contribution in [2.24, 2.45) is 23.7 Å². The molecule has 146 valence electrons. The van der Waals surface area contributed by atoms with Gasteiger partial charge in [0.15, 0.2) is 0 Å². The van der Waals surface area contributed by atoms with Gasteiger partial charge < -0.3 is 10.8 Å². The highest BCUT2D eigenvalue weighted by atomic mass is 16.3. The molecule has 1 aromatic rings. The minimum atomic E-state index is 0.455. The second-order valence-electron chi connectivity index (χ2n) is 9.47. The Hall–Kier alpha value is -1.26. The fourth-order valence-electron chi connectivity index (χ4n) is 5.35. The van der Waals surface area contributed by atoms with E-state index in [0.29, 0.717) is 5.75 Å². The first-order chi connectivity index (χ1) is 12.3. The first-order valence-electron chi connectivity index (χ1n) is 10.3. The Bertz CT molecular complexity index is 548. The number of rotatable bonds is 4. The number of piperidine rings is 2. The quantitative estimate of drug-likeness (QED) is 0.632. The van der Waals surface area contributed by atoms with Crippen LogP contribution in [-0.2, 0) is 13.1 Å². The summed E-state index contributed by atoms with van der Waals surface area (Å²) in [5, 5.41) is 10.9. The van der Waals surface area contributed by atoms with Crippen molar-refractivity contribution in [3.63, 3.8) is 0 Å². The zero-order valence-electron chi connectivity index (χ0n) is 17.0. The summed E-state index contributed by atoms with van der Waals surface area (Å²) in [5.41, 5.74) is 8.94. The minimum absolute atomic E-state index is 0.455. The summed E-state index contributed by atoms with van der Waals surface area (Å²) in [6.45, 7) is 15.3. The molecule has 0 radical (unpaired) electrons. The standard InChI is InChI=1S/C22H37N3O/c1-15-5-16(2)10-24(9-15)13-19-7-21(23)8-20(22(19)26)14-25-11-17(3)6-18(4)12-25/h7-8,15-18,26H,5-6,9-14,23H2,1-4H3. The zero-order chi connectivity index (χ0) is 18.8. The van der Waals surface area contributed by atoms with Crippen LogP contribution < -0.4 is 5.73 Å². The second-order valence-corrected chi connectivity index (χ2v) is 9.47. The van der Waals surface area contributed by atoms with E-state index in [2.05, 4.69) is 37.5 Å². The number of nitrogens with zero attached hydrogens (tertiary/aromatic N) is 2. The summed E-state index contributed by atoms with van der Waals surface area (Å²) < 4.78 is 0. The molecule has 2 aliphatic rings. The number of hydrogen-bond donors (Lipinski definition) is 2. The van der Waals surface area contributed by atoms with Gasteiger partial charge in [-0.15, -0.1) is 0 Å². The SMILES string of the molecule is CC1CC(C)CN(Cc2cc(N)cc(CN3CC(C)CC(C)C3)c2O)C1. The third kappa shape index (κ3) is 4.92. The van der Waals surface area contributed by atoms with Gasteiger partial charge in [0.05, 0.1) is 0 Å². The summed E-state index contributed by atoms with van der Waals surface area (Å²) in [6, 6.07) is 3.93. The molecule has 0 saturated carbocycles. The van der Waals surface area contributed by atoms with Crippen LogP contribution in [0.1, 0.15) is 51.7 Å². The van der Waals surface area contributed by atoms with Gasteiger partial charge in [-0.2, -0.15) is 0 Å². The number of likely N-dealkylation sites (tertiary alicyclic amines) is 2. The van der Waals surface area contributed by atoms with Crippen molar-refractivity contribution >= 4 is 5.69 Å². The van der Waals surface area contributed by atoms with Gasteiger partial charge in [-0.1, -0.05) is 27.7 Å². The molecular formula is C22H37N3O. The summed E-state index contributed by atoms with van der Waals surface area (Å²) in [7, 11) is 0. The van der Waals surface area contributed by atoms with Crippen molar-refractivity contribution in [2.45, 2.75) is 53.6 Å². The van der Waals surface area contributed by atoms with Crippen LogP contribution in [0.2, 0.25) is 0 Å². The average Bonchev–Trinajstić information content (AvgIpc) is 2.49.